The maximum absolute atomic E-state index is 6.52. The monoisotopic (exact) mass is 702 g/mol. The number of hydrogen-bond acceptors (Lipinski definition) is 3. The van der Waals surface area contributed by atoms with Gasteiger partial charge in [-0.2, -0.15) is 0 Å². The zero-order valence-corrected chi connectivity index (χ0v) is 34.8. The van der Waals surface area contributed by atoms with E-state index in [-0.39, 0.29) is 10.7 Å². The molecule has 0 radical (unpaired) electrons. The molecule has 0 amide bonds. The van der Waals surface area contributed by atoms with Gasteiger partial charge in [0.2, 0.25) is 0 Å². The van der Waals surface area contributed by atoms with Gasteiger partial charge in [0.15, 0.2) is 0 Å². The number of allylic oxidation sites excluding steroid dienone is 1. The molecule has 2 aromatic carbocycles. The van der Waals surface area contributed by atoms with Crippen molar-refractivity contribution in [3.8, 4) is 11.8 Å². The topological polar surface area (TPSA) is 41.3 Å². The van der Waals surface area contributed by atoms with Gasteiger partial charge in [-0.05, 0) is 111 Å². The molecule has 0 saturated heterocycles. The summed E-state index contributed by atoms with van der Waals surface area (Å²) >= 11 is 0. The second-order valence-electron chi connectivity index (χ2n) is 14.4. The van der Waals surface area contributed by atoms with Crippen LogP contribution >= 0.6 is 10.7 Å². The quantitative estimate of drug-likeness (QED) is 0.0504. The summed E-state index contributed by atoms with van der Waals surface area (Å²) in [5.74, 6) is 14.0. The summed E-state index contributed by atoms with van der Waals surface area (Å²) in [5, 5.41) is 3.84. The molecule has 6 unspecified atom stereocenters. The lowest BCUT2D eigenvalue weighted by atomic mass is 9.74. The van der Waals surface area contributed by atoms with E-state index in [4.69, 9.17) is 11.6 Å². The molecule has 0 spiro atoms. The fourth-order valence-corrected chi connectivity index (χ4v) is 9.31. The van der Waals surface area contributed by atoms with E-state index in [1.165, 1.54) is 85.6 Å². The smallest absolute Gasteiger partial charge is 0.0603 e. The molecule has 2 aromatic rings. The molecule has 280 valence electrons. The van der Waals surface area contributed by atoms with Gasteiger partial charge in [-0.25, -0.2) is 0 Å². The van der Waals surface area contributed by atoms with E-state index in [2.05, 4.69) is 113 Å². The van der Waals surface area contributed by atoms with Crippen LogP contribution in [0.1, 0.15) is 159 Å². The van der Waals surface area contributed by atoms with Gasteiger partial charge in [-0.3, -0.25) is 4.31 Å². The standard InChI is InChI=1S/C44H69N3S.C2H6/c1-10-14-15-16-17-18-19-20-22-34(6)42(21-11-2)36-25-27-40(28-26-36)48(9)47(8)32-39-30-37(24-23-33(39)5)41(13-4)38-29-35(12-3)44(46-7)43(45)31-38;1-2/h23-25,27,29-31,34,36,40-42,46H,9-14,17-22,26,28,32,45H2,1-8H3;1-2H3. The van der Waals surface area contributed by atoms with E-state index >= 15 is 0 Å². The Morgan fingerprint density at radius 1 is 0.920 bits per heavy atom. The summed E-state index contributed by atoms with van der Waals surface area (Å²) < 4.78 is 2.51. The Bertz CT molecular complexity index is 1380. The van der Waals surface area contributed by atoms with Gasteiger partial charge in [0.25, 0.3) is 0 Å². The van der Waals surface area contributed by atoms with E-state index in [1.54, 1.807) is 0 Å². The minimum atomic E-state index is -0.0676. The van der Waals surface area contributed by atoms with Crippen molar-refractivity contribution >= 4 is 27.9 Å². The SMILES string of the molecule is C=S(C1C=CC(C(CCC)C(C)CCCCCC#CCCC)CC1)N(C)Cc1cc(C(CC)c2cc(N)c(NC)c(CC)c2)ccc1C.CC. The highest BCUT2D eigenvalue weighted by Crippen LogP contribution is 2.40. The number of anilines is 2. The van der Waals surface area contributed by atoms with Crippen molar-refractivity contribution in [3.05, 3.63) is 70.3 Å². The highest BCUT2D eigenvalue weighted by molar-refractivity contribution is 8.12. The normalized spacial score (nSPS) is 18.0. The van der Waals surface area contributed by atoms with E-state index in [0.29, 0.717) is 17.1 Å². The molecule has 3 rings (SSSR count). The van der Waals surface area contributed by atoms with Crippen LogP contribution in [0.25, 0.3) is 0 Å². The maximum atomic E-state index is 6.52. The van der Waals surface area contributed by atoms with Gasteiger partial charge in [0, 0.05) is 37.6 Å². The molecule has 1 aliphatic rings. The summed E-state index contributed by atoms with van der Waals surface area (Å²) in [6.07, 6.45) is 20.9. The summed E-state index contributed by atoms with van der Waals surface area (Å²) in [6.45, 7) is 18.8. The predicted octanol–water partition coefficient (Wildman–Crippen LogP) is 12.9. The molecule has 0 saturated carbocycles. The third-order valence-corrected chi connectivity index (χ3v) is 12.9. The summed E-state index contributed by atoms with van der Waals surface area (Å²) in [6, 6.07) is 11.6. The zero-order chi connectivity index (χ0) is 37.1. The zero-order valence-electron chi connectivity index (χ0n) is 34.0. The van der Waals surface area contributed by atoms with Crippen LogP contribution in [-0.2, 0) is 13.0 Å². The third-order valence-electron chi connectivity index (χ3n) is 10.9. The fourth-order valence-electron chi connectivity index (χ4n) is 7.86. The lowest BCUT2D eigenvalue weighted by Crippen LogP contribution is -2.26. The van der Waals surface area contributed by atoms with Crippen molar-refractivity contribution in [2.24, 2.45) is 17.8 Å². The molecule has 50 heavy (non-hydrogen) atoms. The van der Waals surface area contributed by atoms with E-state index in [0.717, 1.165) is 55.4 Å². The summed E-state index contributed by atoms with van der Waals surface area (Å²) in [4.78, 5) is 0. The Morgan fingerprint density at radius 3 is 2.26 bits per heavy atom. The molecule has 0 aromatic heterocycles. The van der Waals surface area contributed by atoms with Crippen LogP contribution in [0.15, 0.2) is 42.5 Å². The van der Waals surface area contributed by atoms with Gasteiger partial charge in [0.05, 0.1) is 11.4 Å². The number of hydrogen-bond donors (Lipinski definition) is 2. The first-order chi connectivity index (χ1) is 24.2. The Balaban J connectivity index is 0.00000425. The van der Waals surface area contributed by atoms with Crippen LogP contribution in [0.3, 0.4) is 0 Å². The van der Waals surface area contributed by atoms with Crippen LogP contribution < -0.4 is 11.1 Å². The number of unbranched alkanes of at least 4 members (excludes halogenated alkanes) is 4. The molecule has 3 N–H and O–H groups in total. The number of aryl methyl sites for hydroxylation is 2. The molecule has 1 aliphatic carbocycles. The van der Waals surface area contributed by atoms with Crippen molar-refractivity contribution in [2.75, 3.05) is 25.1 Å². The molecule has 6 atom stereocenters. The average molecular weight is 702 g/mol. The van der Waals surface area contributed by atoms with Crippen LogP contribution in [0, 0.1) is 36.5 Å². The molecule has 0 fully saturated rings. The van der Waals surface area contributed by atoms with Crippen molar-refractivity contribution in [2.45, 2.75) is 157 Å². The Hall–Kier alpha value is -2.48. The number of benzene rings is 2. The second kappa shape index (κ2) is 23.9. The van der Waals surface area contributed by atoms with Crippen molar-refractivity contribution < 1.29 is 0 Å². The molecule has 4 heteroatoms. The Kier molecular flexibility index (Phi) is 20.9. The first-order valence-corrected chi connectivity index (χ1v) is 21.7. The molecular formula is C46H75N3S. The van der Waals surface area contributed by atoms with Gasteiger partial charge in [-0.15, -0.1) is 22.5 Å². The van der Waals surface area contributed by atoms with Gasteiger partial charge < -0.3 is 11.1 Å². The molecule has 0 bridgehead atoms. The number of nitrogens with two attached hydrogens (primary N) is 1. The minimum absolute atomic E-state index is 0.0676. The molecule has 3 nitrogen and oxygen atoms in total. The van der Waals surface area contributed by atoms with Crippen molar-refractivity contribution in [1.29, 1.82) is 0 Å². The number of nitrogens with zero attached hydrogens (tertiary/aromatic N) is 1. The number of rotatable bonds is 19. The van der Waals surface area contributed by atoms with E-state index < -0.39 is 0 Å². The van der Waals surface area contributed by atoms with E-state index in [9.17, 15) is 0 Å². The lowest BCUT2D eigenvalue weighted by Gasteiger charge is -2.36. The van der Waals surface area contributed by atoms with Crippen LogP contribution in [0.4, 0.5) is 11.4 Å². The predicted molar refractivity (Wildman–Crippen MR) is 230 cm³/mol. The minimum Gasteiger partial charge on any atom is -0.397 e. The fraction of sp³-hybridized carbons (Fsp3) is 0.630. The molecule has 0 aliphatic heterocycles. The lowest BCUT2D eigenvalue weighted by molar-refractivity contribution is 0.227. The van der Waals surface area contributed by atoms with Gasteiger partial charge >= 0.3 is 0 Å². The van der Waals surface area contributed by atoms with Crippen LogP contribution in [0.5, 0.6) is 0 Å². The molecule has 0 heterocycles. The summed E-state index contributed by atoms with van der Waals surface area (Å²) in [7, 11) is 4.17. The Labute approximate surface area is 312 Å². The average Bonchev–Trinajstić information content (AvgIpc) is 3.13. The first kappa shape index (κ1) is 43.7. The van der Waals surface area contributed by atoms with Crippen molar-refractivity contribution in [3.63, 3.8) is 0 Å². The Morgan fingerprint density at radius 2 is 1.64 bits per heavy atom. The second-order valence-corrected chi connectivity index (χ2v) is 16.4. The van der Waals surface area contributed by atoms with Crippen LogP contribution in [0.2, 0.25) is 0 Å². The number of nitrogens with one attached hydrogen (secondary N) is 1. The van der Waals surface area contributed by atoms with Crippen molar-refractivity contribution in [1.82, 2.24) is 4.31 Å². The van der Waals surface area contributed by atoms with Gasteiger partial charge in [0.1, 0.15) is 0 Å². The first-order valence-electron chi connectivity index (χ1n) is 20.3. The van der Waals surface area contributed by atoms with Gasteiger partial charge in [-0.1, -0.05) is 116 Å². The number of nitrogen functional groups attached to an aromatic ring is 1. The highest BCUT2D eigenvalue weighted by Gasteiger charge is 2.28. The highest BCUT2D eigenvalue weighted by atomic mass is 32.2. The van der Waals surface area contributed by atoms with Crippen LogP contribution in [-0.4, -0.2) is 29.5 Å². The maximum Gasteiger partial charge on any atom is 0.0603 e. The third kappa shape index (κ3) is 12.9. The largest absolute Gasteiger partial charge is 0.397 e. The summed E-state index contributed by atoms with van der Waals surface area (Å²) in [5.41, 5.74) is 15.2. The van der Waals surface area contributed by atoms with E-state index in [1.807, 2.05) is 20.9 Å². The molecular weight excluding hydrogens is 627 g/mol.